The van der Waals surface area contributed by atoms with Crippen LogP contribution in [0, 0.1) is 0 Å². The Balaban J connectivity index is 1.83. The molecule has 1 atom stereocenters. The van der Waals surface area contributed by atoms with Crippen LogP contribution in [-0.2, 0) is 15.6 Å². The smallest absolute Gasteiger partial charge is 0.225 e. The molecule has 0 radical (unpaired) electrons. The van der Waals surface area contributed by atoms with Gasteiger partial charge in [-0.3, -0.25) is 9.00 Å². The fourth-order valence-corrected chi connectivity index (χ4v) is 4.11. The molecule has 4 nitrogen and oxygen atoms in total. The lowest BCUT2D eigenvalue weighted by atomic mass is 10.2. The summed E-state index contributed by atoms with van der Waals surface area (Å²) in [5, 5.41) is 3.51. The van der Waals surface area contributed by atoms with Crippen molar-refractivity contribution in [2.24, 2.45) is 0 Å². The molecule has 1 aromatic rings. The number of hydrogen-bond acceptors (Lipinski definition) is 3. The summed E-state index contributed by atoms with van der Waals surface area (Å²) in [6, 6.07) is 4.93. The molecule has 0 spiro atoms. The number of anilines is 2. The van der Waals surface area contributed by atoms with Crippen molar-refractivity contribution in [2.75, 3.05) is 16.8 Å². The molecule has 0 heterocycles. The van der Waals surface area contributed by atoms with Crippen molar-refractivity contribution in [1.29, 1.82) is 0 Å². The third kappa shape index (κ3) is 4.21. The van der Waals surface area contributed by atoms with Crippen LogP contribution in [0.15, 0.2) is 18.2 Å². The fourth-order valence-electron chi connectivity index (χ4n) is 2.36. The van der Waals surface area contributed by atoms with Crippen molar-refractivity contribution < 1.29 is 9.00 Å². The molecule has 1 aromatic carbocycles. The number of amides is 1. The number of carbonyl (C=O) groups excluding carboxylic acids is 1. The summed E-state index contributed by atoms with van der Waals surface area (Å²) in [7, 11) is -0.902. The van der Waals surface area contributed by atoms with E-state index in [2.05, 4.69) is 5.32 Å². The maximum Gasteiger partial charge on any atom is 0.225 e. The Bertz CT molecular complexity index is 516. The second kappa shape index (κ2) is 7.09. The summed E-state index contributed by atoms with van der Waals surface area (Å²) < 4.78 is 12.0. The Hall–Kier alpha value is -1.07. The van der Waals surface area contributed by atoms with E-state index in [0.29, 0.717) is 22.2 Å². The maximum atomic E-state index is 12.0. The molecule has 3 N–H and O–H groups in total. The number of benzene rings is 1. The predicted molar refractivity (Wildman–Crippen MR) is 84.4 cm³/mol. The standard InChI is InChI=1S/C14H19ClN2O2S/c15-10-5-6-12(16)13(9-10)17-14(18)7-8-20(19)11-3-1-2-4-11/h5-6,9,11H,1-4,7-8,16H2,(H,17,18). The van der Waals surface area contributed by atoms with Gasteiger partial charge in [0, 0.05) is 33.2 Å². The third-order valence-corrected chi connectivity index (χ3v) is 5.55. The zero-order valence-electron chi connectivity index (χ0n) is 11.2. The molecule has 1 aliphatic rings. The Morgan fingerprint density at radius 3 is 2.80 bits per heavy atom. The number of nitrogens with one attached hydrogen (secondary N) is 1. The summed E-state index contributed by atoms with van der Waals surface area (Å²) in [5.74, 6) is 0.238. The van der Waals surface area contributed by atoms with Gasteiger partial charge in [-0.1, -0.05) is 24.4 Å². The number of hydrogen-bond donors (Lipinski definition) is 2. The minimum absolute atomic E-state index is 0.176. The second-order valence-electron chi connectivity index (χ2n) is 5.02. The average molecular weight is 315 g/mol. The van der Waals surface area contributed by atoms with Crippen molar-refractivity contribution in [2.45, 2.75) is 37.4 Å². The van der Waals surface area contributed by atoms with E-state index in [9.17, 15) is 9.00 Å². The van der Waals surface area contributed by atoms with Gasteiger partial charge in [0.25, 0.3) is 0 Å². The van der Waals surface area contributed by atoms with Crippen LogP contribution >= 0.6 is 11.6 Å². The third-order valence-electron chi connectivity index (χ3n) is 3.49. The first kappa shape index (κ1) is 15.3. The normalized spacial score (nSPS) is 17.1. The molecular weight excluding hydrogens is 296 g/mol. The Kier molecular flexibility index (Phi) is 5.43. The number of nitrogen functional groups attached to an aromatic ring is 1. The number of rotatable bonds is 5. The molecule has 6 heteroatoms. The quantitative estimate of drug-likeness (QED) is 0.821. The van der Waals surface area contributed by atoms with Gasteiger partial charge in [-0.15, -0.1) is 0 Å². The lowest BCUT2D eigenvalue weighted by Gasteiger charge is -2.10. The largest absolute Gasteiger partial charge is 0.397 e. The molecule has 0 aliphatic heterocycles. The lowest BCUT2D eigenvalue weighted by Crippen LogP contribution is -2.20. The highest BCUT2D eigenvalue weighted by atomic mass is 35.5. The van der Waals surface area contributed by atoms with E-state index >= 15 is 0 Å². The first-order chi connectivity index (χ1) is 9.56. The minimum atomic E-state index is -0.902. The predicted octanol–water partition coefficient (Wildman–Crippen LogP) is 2.94. The molecule has 1 unspecified atom stereocenters. The van der Waals surface area contributed by atoms with Crippen LogP contribution < -0.4 is 11.1 Å². The van der Waals surface area contributed by atoms with Gasteiger partial charge in [0.2, 0.25) is 5.91 Å². The van der Waals surface area contributed by atoms with Crippen LogP contribution in [0.3, 0.4) is 0 Å². The summed E-state index contributed by atoms with van der Waals surface area (Å²) in [4.78, 5) is 11.9. The van der Waals surface area contributed by atoms with Crippen molar-refractivity contribution in [1.82, 2.24) is 0 Å². The van der Waals surface area contributed by atoms with E-state index in [4.69, 9.17) is 17.3 Å². The van der Waals surface area contributed by atoms with Gasteiger partial charge >= 0.3 is 0 Å². The molecule has 0 aromatic heterocycles. The highest BCUT2D eigenvalue weighted by Crippen LogP contribution is 2.24. The fraction of sp³-hybridized carbons (Fsp3) is 0.500. The van der Waals surface area contributed by atoms with Crippen LogP contribution in [0.1, 0.15) is 32.1 Å². The molecule has 0 saturated heterocycles. The maximum absolute atomic E-state index is 12.0. The van der Waals surface area contributed by atoms with E-state index in [1.54, 1.807) is 18.2 Å². The van der Waals surface area contributed by atoms with Gasteiger partial charge in [-0.25, -0.2) is 0 Å². The summed E-state index contributed by atoms with van der Waals surface area (Å²) >= 11 is 5.86. The highest BCUT2D eigenvalue weighted by molar-refractivity contribution is 7.85. The summed E-state index contributed by atoms with van der Waals surface area (Å²) in [6.45, 7) is 0. The molecule has 1 saturated carbocycles. The van der Waals surface area contributed by atoms with E-state index in [-0.39, 0.29) is 17.6 Å². The molecule has 1 aliphatic carbocycles. The van der Waals surface area contributed by atoms with Gasteiger partial charge in [0.1, 0.15) is 0 Å². The van der Waals surface area contributed by atoms with Crippen LogP contribution in [-0.4, -0.2) is 21.1 Å². The van der Waals surface area contributed by atoms with E-state index in [1.165, 1.54) is 0 Å². The minimum Gasteiger partial charge on any atom is -0.397 e. The SMILES string of the molecule is Nc1ccc(Cl)cc1NC(=O)CCS(=O)C1CCCC1. The van der Waals surface area contributed by atoms with Crippen LogP contribution in [0.2, 0.25) is 5.02 Å². The van der Waals surface area contributed by atoms with Gasteiger partial charge in [0.05, 0.1) is 11.4 Å². The van der Waals surface area contributed by atoms with Crippen LogP contribution in [0.5, 0.6) is 0 Å². The molecule has 1 fully saturated rings. The average Bonchev–Trinajstić information content (AvgIpc) is 2.94. The van der Waals surface area contributed by atoms with Crippen molar-refractivity contribution >= 4 is 39.7 Å². The first-order valence-electron chi connectivity index (χ1n) is 6.78. The zero-order valence-corrected chi connectivity index (χ0v) is 12.8. The Morgan fingerprint density at radius 2 is 2.10 bits per heavy atom. The van der Waals surface area contributed by atoms with Gasteiger partial charge in [-0.2, -0.15) is 0 Å². The van der Waals surface area contributed by atoms with Crippen molar-refractivity contribution in [3.63, 3.8) is 0 Å². The molecular formula is C14H19ClN2O2S. The Morgan fingerprint density at radius 1 is 1.40 bits per heavy atom. The molecule has 0 bridgehead atoms. The lowest BCUT2D eigenvalue weighted by molar-refractivity contribution is -0.115. The van der Waals surface area contributed by atoms with Crippen LogP contribution in [0.4, 0.5) is 11.4 Å². The molecule has 2 rings (SSSR count). The number of nitrogens with two attached hydrogens (primary N) is 1. The van der Waals surface area contributed by atoms with Gasteiger partial charge < -0.3 is 11.1 Å². The summed E-state index contributed by atoms with van der Waals surface area (Å²) in [6.07, 6.45) is 4.60. The Labute approximate surface area is 126 Å². The zero-order chi connectivity index (χ0) is 14.5. The van der Waals surface area contributed by atoms with E-state index in [0.717, 1.165) is 25.7 Å². The van der Waals surface area contributed by atoms with Gasteiger partial charge in [-0.05, 0) is 31.0 Å². The molecule has 110 valence electrons. The number of halogens is 1. The van der Waals surface area contributed by atoms with Crippen molar-refractivity contribution in [3.8, 4) is 0 Å². The first-order valence-corrected chi connectivity index (χ1v) is 8.54. The van der Waals surface area contributed by atoms with E-state index in [1.807, 2.05) is 0 Å². The molecule has 1 amide bonds. The van der Waals surface area contributed by atoms with Gasteiger partial charge in [0.15, 0.2) is 0 Å². The molecule has 20 heavy (non-hydrogen) atoms. The topological polar surface area (TPSA) is 72.2 Å². The number of carbonyl (C=O) groups is 1. The van der Waals surface area contributed by atoms with Crippen LogP contribution in [0.25, 0.3) is 0 Å². The second-order valence-corrected chi connectivity index (χ2v) is 7.29. The monoisotopic (exact) mass is 314 g/mol. The van der Waals surface area contributed by atoms with Crippen molar-refractivity contribution in [3.05, 3.63) is 23.2 Å². The van der Waals surface area contributed by atoms with E-state index < -0.39 is 10.8 Å². The highest BCUT2D eigenvalue weighted by Gasteiger charge is 2.21. The summed E-state index contributed by atoms with van der Waals surface area (Å²) in [5.41, 5.74) is 6.74.